The van der Waals surface area contributed by atoms with Crippen molar-refractivity contribution < 1.29 is 4.79 Å². The molecule has 1 saturated carbocycles. The van der Waals surface area contributed by atoms with Gasteiger partial charge in [0.2, 0.25) is 5.91 Å². The molecule has 0 aromatic rings. The van der Waals surface area contributed by atoms with Crippen LogP contribution < -0.4 is 0 Å². The third kappa shape index (κ3) is 5.95. The molecule has 2 aliphatic rings. The van der Waals surface area contributed by atoms with Gasteiger partial charge in [0, 0.05) is 57.8 Å². The van der Waals surface area contributed by atoms with Crippen LogP contribution in [-0.2, 0) is 4.79 Å². The summed E-state index contributed by atoms with van der Waals surface area (Å²) in [7, 11) is 2.03. The van der Waals surface area contributed by atoms with Crippen LogP contribution >= 0.6 is 0 Å². The standard InChI is InChI=1S/C22H43N3O/c1-21(2,3)18-8-10-19(11-9-18)23(7)20(26)12-13-24-14-16-25(17-15-24)22(4,5)6/h18-19H,8-17H2,1-7H3. The summed E-state index contributed by atoms with van der Waals surface area (Å²) in [5.74, 6) is 1.14. The second kappa shape index (κ2) is 8.60. The van der Waals surface area contributed by atoms with E-state index in [-0.39, 0.29) is 5.54 Å². The van der Waals surface area contributed by atoms with Crippen molar-refractivity contribution in [3.8, 4) is 0 Å². The predicted octanol–water partition coefficient (Wildman–Crippen LogP) is 3.86. The number of piperazine rings is 1. The topological polar surface area (TPSA) is 26.8 Å². The summed E-state index contributed by atoms with van der Waals surface area (Å²) in [6.07, 6.45) is 5.55. The average Bonchev–Trinajstić information content (AvgIpc) is 2.58. The quantitative estimate of drug-likeness (QED) is 0.757. The second-order valence-electron chi connectivity index (χ2n) is 10.6. The third-order valence-corrected chi connectivity index (χ3v) is 6.83. The Morgan fingerprint density at radius 1 is 0.923 bits per heavy atom. The molecule has 2 rings (SSSR count). The average molecular weight is 366 g/mol. The van der Waals surface area contributed by atoms with Crippen LogP contribution in [0.4, 0.5) is 0 Å². The maximum Gasteiger partial charge on any atom is 0.223 e. The smallest absolute Gasteiger partial charge is 0.223 e. The van der Waals surface area contributed by atoms with Crippen molar-refractivity contribution in [2.24, 2.45) is 11.3 Å². The molecule has 1 heterocycles. The predicted molar refractivity (Wildman–Crippen MR) is 110 cm³/mol. The van der Waals surface area contributed by atoms with Gasteiger partial charge in [-0.05, 0) is 57.8 Å². The molecular formula is C22H43N3O. The fourth-order valence-electron chi connectivity index (χ4n) is 4.61. The number of hydrogen-bond acceptors (Lipinski definition) is 3. The van der Waals surface area contributed by atoms with E-state index < -0.39 is 0 Å². The first-order chi connectivity index (χ1) is 12.0. The molecule has 0 spiro atoms. The van der Waals surface area contributed by atoms with E-state index in [1.165, 1.54) is 25.7 Å². The molecule has 26 heavy (non-hydrogen) atoms. The molecule has 0 aromatic heterocycles. The van der Waals surface area contributed by atoms with Crippen molar-refractivity contribution in [3.63, 3.8) is 0 Å². The Morgan fingerprint density at radius 2 is 1.46 bits per heavy atom. The van der Waals surface area contributed by atoms with Crippen molar-refractivity contribution in [1.29, 1.82) is 0 Å². The molecule has 4 heteroatoms. The zero-order valence-electron chi connectivity index (χ0n) is 18.5. The lowest BCUT2D eigenvalue weighted by molar-refractivity contribution is -0.133. The van der Waals surface area contributed by atoms with Crippen LogP contribution in [0.25, 0.3) is 0 Å². The first-order valence-electron chi connectivity index (χ1n) is 10.7. The maximum atomic E-state index is 12.7. The van der Waals surface area contributed by atoms with E-state index in [0.29, 0.717) is 23.8 Å². The van der Waals surface area contributed by atoms with E-state index in [2.05, 4.69) is 56.2 Å². The van der Waals surface area contributed by atoms with Crippen LogP contribution in [0.3, 0.4) is 0 Å². The van der Waals surface area contributed by atoms with Gasteiger partial charge in [-0.3, -0.25) is 9.69 Å². The maximum absolute atomic E-state index is 12.7. The minimum Gasteiger partial charge on any atom is -0.343 e. The van der Waals surface area contributed by atoms with E-state index >= 15 is 0 Å². The molecular weight excluding hydrogens is 322 g/mol. The number of amides is 1. The van der Waals surface area contributed by atoms with Gasteiger partial charge >= 0.3 is 0 Å². The number of hydrogen-bond donors (Lipinski definition) is 0. The number of carbonyl (C=O) groups is 1. The molecule has 0 aromatic carbocycles. The summed E-state index contributed by atoms with van der Waals surface area (Å²) in [4.78, 5) is 19.7. The lowest BCUT2D eigenvalue weighted by atomic mass is 9.71. The highest BCUT2D eigenvalue weighted by atomic mass is 16.2. The van der Waals surface area contributed by atoms with Crippen LogP contribution in [0.2, 0.25) is 0 Å². The van der Waals surface area contributed by atoms with E-state index in [0.717, 1.165) is 38.6 Å². The summed E-state index contributed by atoms with van der Waals surface area (Å²) in [6, 6.07) is 0.457. The zero-order chi connectivity index (χ0) is 19.5. The Labute approximate surface area is 162 Å². The first-order valence-corrected chi connectivity index (χ1v) is 10.7. The van der Waals surface area contributed by atoms with Crippen LogP contribution in [0.1, 0.15) is 73.6 Å². The highest BCUT2D eigenvalue weighted by Crippen LogP contribution is 2.38. The molecule has 0 N–H and O–H groups in total. The molecule has 1 aliphatic carbocycles. The third-order valence-electron chi connectivity index (χ3n) is 6.83. The summed E-state index contributed by atoms with van der Waals surface area (Å²) in [6.45, 7) is 19.2. The van der Waals surface area contributed by atoms with Gasteiger partial charge in [0.05, 0.1) is 0 Å². The molecule has 152 valence electrons. The Balaban J connectivity index is 1.70. The molecule has 1 amide bonds. The van der Waals surface area contributed by atoms with Crippen LogP contribution in [0.5, 0.6) is 0 Å². The summed E-state index contributed by atoms with van der Waals surface area (Å²) in [5.41, 5.74) is 0.663. The lowest BCUT2D eigenvalue weighted by Crippen LogP contribution is -2.53. The Hall–Kier alpha value is -0.610. The van der Waals surface area contributed by atoms with E-state index in [9.17, 15) is 4.79 Å². The van der Waals surface area contributed by atoms with Crippen molar-refractivity contribution in [3.05, 3.63) is 0 Å². The molecule has 0 bridgehead atoms. The van der Waals surface area contributed by atoms with E-state index in [1.54, 1.807) is 0 Å². The molecule has 0 unspecified atom stereocenters. The summed E-state index contributed by atoms with van der Waals surface area (Å²) in [5, 5.41) is 0. The number of rotatable bonds is 4. The van der Waals surface area contributed by atoms with Crippen LogP contribution in [0, 0.1) is 11.3 Å². The Morgan fingerprint density at radius 3 is 1.92 bits per heavy atom. The minimum atomic E-state index is 0.258. The van der Waals surface area contributed by atoms with Gasteiger partial charge in [0.1, 0.15) is 0 Å². The highest BCUT2D eigenvalue weighted by molar-refractivity contribution is 5.76. The van der Waals surface area contributed by atoms with E-state index in [4.69, 9.17) is 0 Å². The van der Waals surface area contributed by atoms with Gasteiger partial charge < -0.3 is 9.80 Å². The van der Waals surface area contributed by atoms with Crippen molar-refractivity contribution in [2.75, 3.05) is 39.8 Å². The molecule has 1 saturated heterocycles. The summed E-state index contributed by atoms with van der Waals surface area (Å²) < 4.78 is 0. The molecule has 4 nitrogen and oxygen atoms in total. The van der Waals surface area contributed by atoms with Crippen LogP contribution in [-0.4, -0.2) is 72.0 Å². The minimum absolute atomic E-state index is 0.258. The van der Waals surface area contributed by atoms with Gasteiger partial charge in [-0.25, -0.2) is 0 Å². The van der Waals surface area contributed by atoms with Gasteiger partial charge in [-0.15, -0.1) is 0 Å². The fourth-order valence-corrected chi connectivity index (χ4v) is 4.61. The summed E-state index contributed by atoms with van der Waals surface area (Å²) >= 11 is 0. The number of carbonyl (C=O) groups excluding carboxylic acids is 1. The normalized spacial score (nSPS) is 26.7. The van der Waals surface area contributed by atoms with Gasteiger partial charge in [-0.1, -0.05) is 20.8 Å². The largest absolute Gasteiger partial charge is 0.343 e. The lowest BCUT2D eigenvalue weighted by Gasteiger charge is -2.42. The molecule has 2 fully saturated rings. The molecule has 1 aliphatic heterocycles. The SMILES string of the molecule is CN(C(=O)CCN1CCN(C(C)(C)C)CC1)C1CCC(C(C)(C)C)CC1. The monoisotopic (exact) mass is 365 g/mol. The molecule has 0 atom stereocenters. The van der Waals surface area contributed by atoms with Gasteiger partial charge in [0.15, 0.2) is 0 Å². The Bertz CT molecular complexity index is 447. The molecule has 0 radical (unpaired) electrons. The van der Waals surface area contributed by atoms with Crippen molar-refractivity contribution in [1.82, 2.24) is 14.7 Å². The van der Waals surface area contributed by atoms with Crippen molar-refractivity contribution in [2.45, 2.75) is 85.2 Å². The van der Waals surface area contributed by atoms with Gasteiger partial charge in [-0.2, -0.15) is 0 Å². The van der Waals surface area contributed by atoms with Crippen LogP contribution in [0.15, 0.2) is 0 Å². The highest BCUT2D eigenvalue weighted by Gasteiger charge is 2.32. The van der Waals surface area contributed by atoms with E-state index in [1.807, 2.05) is 7.05 Å². The number of nitrogens with zero attached hydrogens (tertiary/aromatic N) is 3. The fraction of sp³-hybridized carbons (Fsp3) is 0.955. The van der Waals surface area contributed by atoms with Crippen molar-refractivity contribution >= 4 is 5.91 Å². The Kier molecular flexibility index (Phi) is 7.17. The zero-order valence-corrected chi connectivity index (χ0v) is 18.5. The second-order valence-corrected chi connectivity index (χ2v) is 10.6. The first kappa shape index (κ1) is 21.7. The van der Waals surface area contributed by atoms with Gasteiger partial charge in [0.25, 0.3) is 0 Å².